The molecule has 0 amide bonds. The van der Waals surface area contributed by atoms with E-state index >= 15 is 0 Å². The summed E-state index contributed by atoms with van der Waals surface area (Å²) in [7, 11) is -3.63. The molecule has 1 aliphatic carbocycles. The summed E-state index contributed by atoms with van der Waals surface area (Å²) < 4.78 is 23.5. The monoisotopic (exact) mass is 201 g/mol. The highest BCUT2D eigenvalue weighted by Gasteiger charge is 2.22. The first-order chi connectivity index (χ1) is 6.05. The van der Waals surface area contributed by atoms with Crippen LogP contribution in [0.25, 0.3) is 0 Å². The van der Waals surface area contributed by atoms with Crippen LogP contribution in [-0.2, 0) is 16.6 Å². The van der Waals surface area contributed by atoms with Crippen molar-refractivity contribution in [3.05, 3.63) is 12.5 Å². The molecule has 0 unspecified atom stereocenters. The molecular weight excluding hydrogens is 190 g/mol. The van der Waals surface area contributed by atoms with Crippen LogP contribution in [-0.4, -0.2) is 18.0 Å². The quantitative estimate of drug-likeness (QED) is 0.744. The number of hydrogen-bond donors (Lipinski definition) is 1. The molecule has 72 valence electrons. The fraction of sp³-hybridized carbons (Fsp3) is 0.571. The summed E-state index contributed by atoms with van der Waals surface area (Å²) in [6, 6.07) is 0. The van der Waals surface area contributed by atoms with E-state index in [9.17, 15) is 8.42 Å². The third-order valence-corrected chi connectivity index (χ3v) is 2.86. The van der Waals surface area contributed by atoms with Crippen molar-refractivity contribution in [3.8, 4) is 0 Å². The maximum absolute atomic E-state index is 10.8. The fourth-order valence-corrected chi connectivity index (χ4v) is 1.66. The standard InChI is InChI=1S/C7H11N3O2S/c8-13(11,12)7-4-10(5-9-7)3-6-1-2-6/h4-6H,1-3H2,(H2,8,11,12). The summed E-state index contributed by atoms with van der Waals surface area (Å²) in [5.74, 6) is 0.697. The van der Waals surface area contributed by atoms with Crippen LogP contribution in [0.1, 0.15) is 12.8 Å². The van der Waals surface area contributed by atoms with Gasteiger partial charge in [-0.3, -0.25) is 0 Å². The average Bonchev–Trinajstić information content (AvgIpc) is 2.63. The summed E-state index contributed by atoms with van der Waals surface area (Å²) in [5.41, 5.74) is 0. The lowest BCUT2D eigenvalue weighted by molar-refractivity contribution is 0.593. The minimum Gasteiger partial charge on any atom is -0.336 e. The third-order valence-electron chi connectivity index (χ3n) is 2.07. The van der Waals surface area contributed by atoms with Gasteiger partial charge in [0.25, 0.3) is 10.0 Å². The molecule has 0 bridgehead atoms. The maximum Gasteiger partial charge on any atom is 0.257 e. The molecule has 0 spiro atoms. The van der Waals surface area contributed by atoms with E-state index in [1.54, 1.807) is 4.57 Å². The molecule has 1 aromatic rings. The minimum absolute atomic E-state index is 0.0480. The number of sulfonamides is 1. The Morgan fingerprint density at radius 1 is 1.62 bits per heavy atom. The zero-order valence-electron chi connectivity index (χ0n) is 7.05. The van der Waals surface area contributed by atoms with Crippen molar-refractivity contribution in [3.63, 3.8) is 0 Å². The first-order valence-electron chi connectivity index (χ1n) is 4.10. The zero-order valence-corrected chi connectivity index (χ0v) is 7.87. The molecule has 13 heavy (non-hydrogen) atoms. The Labute approximate surface area is 76.6 Å². The number of imidazole rings is 1. The molecule has 1 aromatic heterocycles. The molecule has 6 heteroatoms. The van der Waals surface area contributed by atoms with E-state index in [2.05, 4.69) is 4.98 Å². The van der Waals surface area contributed by atoms with Gasteiger partial charge >= 0.3 is 0 Å². The van der Waals surface area contributed by atoms with Crippen molar-refractivity contribution >= 4 is 10.0 Å². The summed E-state index contributed by atoms with van der Waals surface area (Å²) >= 11 is 0. The van der Waals surface area contributed by atoms with Gasteiger partial charge < -0.3 is 4.57 Å². The van der Waals surface area contributed by atoms with Crippen LogP contribution in [0.5, 0.6) is 0 Å². The lowest BCUT2D eigenvalue weighted by atomic mass is 10.4. The van der Waals surface area contributed by atoms with Gasteiger partial charge in [-0.05, 0) is 18.8 Å². The van der Waals surface area contributed by atoms with Crippen LogP contribution in [0.2, 0.25) is 0 Å². The molecular formula is C7H11N3O2S. The second kappa shape index (κ2) is 2.81. The number of hydrogen-bond acceptors (Lipinski definition) is 3. The molecule has 0 aromatic carbocycles. The van der Waals surface area contributed by atoms with Crippen LogP contribution in [0, 0.1) is 5.92 Å². The van der Waals surface area contributed by atoms with Crippen molar-refractivity contribution in [2.45, 2.75) is 24.4 Å². The number of primary sulfonamides is 1. The van der Waals surface area contributed by atoms with Crippen LogP contribution in [0.3, 0.4) is 0 Å². The Hall–Kier alpha value is -0.880. The van der Waals surface area contributed by atoms with E-state index in [0.717, 1.165) is 6.54 Å². The van der Waals surface area contributed by atoms with Crippen molar-refractivity contribution in [2.24, 2.45) is 11.1 Å². The van der Waals surface area contributed by atoms with Gasteiger partial charge in [-0.1, -0.05) is 0 Å². The van der Waals surface area contributed by atoms with E-state index in [1.807, 2.05) is 0 Å². The van der Waals surface area contributed by atoms with E-state index in [-0.39, 0.29) is 5.03 Å². The Morgan fingerprint density at radius 2 is 2.31 bits per heavy atom. The van der Waals surface area contributed by atoms with E-state index in [1.165, 1.54) is 25.4 Å². The van der Waals surface area contributed by atoms with E-state index < -0.39 is 10.0 Å². The Balaban J connectivity index is 2.17. The number of nitrogens with zero attached hydrogens (tertiary/aromatic N) is 2. The number of rotatable bonds is 3. The molecule has 1 heterocycles. The molecule has 1 fully saturated rings. The molecule has 0 aliphatic heterocycles. The van der Waals surface area contributed by atoms with Crippen LogP contribution >= 0.6 is 0 Å². The first kappa shape index (κ1) is 8.71. The summed E-state index contributed by atoms with van der Waals surface area (Å²) in [6.07, 6.45) is 5.44. The maximum atomic E-state index is 10.8. The summed E-state index contributed by atoms with van der Waals surface area (Å²) in [6.45, 7) is 0.850. The largest absolute Gasteiger partial charge is 0.336 e. The van der Waals surface area contributed by atoms with Gasteiger partial charge in [0.1, 0.15) is 0 Å². The average molecular weight is 201 g/mol. The van der Waals surface area contributed by atoms with Gasteiger partial charge in [-0.15, -0.1) is 0 Å². The molecule has 0 radical (unpaired) electrons. The molecule has 2 N–H and O–H groups in total. The van der Waals surface area contributed by atoms with Crippen molar-refractivity contribution in [1.82, 2.24) is 9.55 Å². The van der Waals surface area contributed by atoms with Crippen molar-refractivity contribution in [2.75, 3.05) is 0 Å². The molecule has 1 saturated carbocycles. The molecule has 0 saturated heterocycles. The molecule has 5 nitrogen and oxygen atoms in total. The molecule has 1 aliphatic rings. The fourth-order valence-electron chi connectivity index (χ4n) is 1.18. The summed E-state index contributed by atoms with van der Waals surface area (Å²) in [5, 5.41) is 4.86. The highest BCUT2D eigenvalue weighted by atomic mass is 32.2. The number of aromatic nitrogens is 2. The third kappa shape index (κ3) is 2.07. The summed E-state index contributed by atoms with van der Waals surface area (Å²) in [4.78, 5) is 3.72. The normalized spacial score (nSPS) is 17.6. The second-order valence-corrected chi connectivity index (χ2v) is 4.91. The predicted octanol–water partition coefficient (Wildman–Crippen LogP) is -0.0595. The SMILES string of the molecule is NS(=O)(=O)c1cn(CC2CC2)cn1. The van der Waals surface area contributed by atoms with Gasteiger partial charge in [0.15, 0.2) is 5.03 Å². The number of nitrogens with two attached hydrogens (primary N) is 1. The second-order valence-electron chi connectivity index (χ2n) is 3.40. The van der Waals surface area contributed by atoms with Gasteiger partial charge in [0, 0.05) is 12.7 Å². The smallest absolute Gasteiger partial charge is 0.257 e. The van der Waals surface area contributed by atoms with Crippen LogP contribution in [0.4, 0.5) is 0 Å². The molecule has 2 rings (SSSR count). The van der Waals surface area contributed by atoms with Gasteiger partial charge in [0.05, 0.1) is 6.33 Å². The van der Waals surface area contributed by atoms with E-state index in [0.29, 0.717) is 5.92 Å². The Bertz CT molecular complexity index is 405. The highest BCUT2D eigenvalue weighted by Crippen LogP contribution is 2.30. The minimum atomic E-state index is -3.63. The predicted molar refractivity (Wildman–Crippen MR) is 46.3 cm³/mol. The van der Waals surface area contributed by atoms with Gasteiger partial charge in [-0.2, -0.15) is 0 Å². The lowest BCUT2D eigenvalue weighted by Gasteiger charge is -1.96. The first-order valence-corrected chi connectivity index (χ1v) is 5.65. The van der Waals surface area contributed by atoms with Crippen molar-refractivity contribution < 1.29 is 8.42 Å². The van der Waals surface area contributed by atoms with Gasteiger partial charge in [0.2, 0.25) is 0 Å². The van der Waals surface area contributed by atoms with Crippen LogP contribution < -0.4 is 5.14 Å². The van der Waals surface area contributed by atoms with Crippen LogP contribution in [0.15, 0.2) is 17.6 Å². The van der Waals surface area contributed by atoms with E-state index in [4.69, 9.17) is 5.14 Å². The van der Waals surface area contributed by atoms with Gasteiger partial charge in [-0.25, -0.2) is 18.5 Å². The topological polar surface area (TPSA) is 78.0 Å². The molecule has 0 atom stereocenters. The Morgan fingerprint density at radius 3 is 2.77 bits per heavy atom. The highest BCUT2D eigenvalue weighted by molar-refractivity contribution is 7.89. The zero-order chi connectivity index (χ0) is 9.47. The lowest BCUT2D eigenvalue weighted by Crippen LogP contribution is -2.12. The van der Waals surface area contributed by atoms with Crippen molar-refractivity contribution in [1.29, 1.82) is 0 Å². The Kier molecular flexibility index (Phi) is 1.88.